The first-order valence-corrected chi connectivity index (χ1v) is 4.52. The van der Waals surface area contributed by atoms with Gasteiger partial charge >= 0.3 is 12.1 Å². The first-order valence-electron chi connectivity index (χ1n) is 4.52. The summed E-state index contributed by atoms with van der Waals surface area (Å²) in [6.07, 6.45) is -0.678. The van der Waals surface area contributed by atoms with Crippen molar-refractivity contribution in [3.8, 4) is 0 Å². The van der Waals surface area contributed by atoms with Crippen LogP contribution >= 0.6 is 0 Å². The van der Waals surface area contributed by atoms with Crippen molar-refractivity contribution in [3.05, 3.63) is 0 Å². The number of esters is 1. The lowest BCUT2D eigenvalue weighted by Crippen LogP contribution is -2.17. The van der Waals surface area contributed by atoms with Gasteiger partial charge in [-0.2, -0.15) is 0 Å². The summed E-state index contributed by atoms with van der Waals surface area (Å²) in [4.78, 5) is 20.0. The highest BCUT2D eigenvalue weighted by Gasteiger charge is 2.09. The van der Waals surface area contributed by atoms with E-state index in [2.05, 4.69) is 9.47 Å². The van der Waals surface area contributed by atoms with Crippen molar-refractivity contribution >= 4 is 12.1 Å². The highest BCUT2D eigenvalue weighted by atomic mass is 16.8. The monoisotopic (exact) mass is 220 g/mol. The van der Waals surface area contributed by atoms with E-state index in [1.165, 1.54) is 6.92 Å². The average molecular weight is 220 g/mol. The number of hydrogen-bond acceptors (Lipinski definition) is 6. The van der Waals surface area contributed by atoms with Gasteiger partial charge in [0.25, 0.3) is 0 Å². The molecule has 0 aromatic carbocycles. The number of rotatable bonds is 3. The Morgan fingerprint density at radius 1 is 1.47 bits per heavy atom. The molecule has 1 aliphatic heterocycles. The van der Waals surface area contributed by atoms with Gasteiger partial charge in [-0.25, -0.2) is 4.79 Å². The smallest absolute Gasteiger partial charge is 0.460 e. The maximum absolute atomic E-state index is 10.3. The summed E-state index contributed by atoms with van der Waals surface area (Å²) in [6, 6.07) is 0. The molecule has 0 spiro atoms. The molecule has 0 aromatic rings. The van der Waals surface area contributed by atoms with E-state index in [1.807, 2.05) is 0 Å². The third kappa shape index (κ3) is 9.01. The third-order valence-electron chi connectivity index (χ3n) is 1.29. The van der Waals surface area contributed by atoms with Crippen LogP contribution in [0, 0.1) is 0 Å². The zero-order valence-corrected chi connectivity index (χ0v) is 9.15. The summed E-state index contributed by atoms with van der Waals surface area (Å²) in [6.45, 7) is 4.45. The Balaban J connectivity index is 0.000000280. The van der Waals surface area contributed by atoms with Crippen LogP contribution in [0.2, 0.25) is 0 Å². The summed E-state index contributed by atoms with van der Waals surface area (Å²) in [5.41, 5.74) is 0. The number of methoxy groups -OCH3 is 1. The summed E-state index contributed by atoms with van der Waals surface area (Å²) < 4.78 is 18.0. The van der Waals surface area contributed by atoms with E-state index >= 15 is 0 Å². The molecule has 0 amide bonds. The summed E-state index contributed by atoms with van der Waals surface area (Å²) in [5.74, 6) is -0.264. The van der Waals surface area contributed by atoms with Crippen LogP contribution in [0.5, 0.6) is 0 Å². The van der Waals surface area contributed by atoms with Gasteiger partial charge in [-0.05, 0) is 6.92 Å². The maximum Gasteiger partial charge on any atom is 0.508 e. The van der Waals surface area contributed by atoms with E-state index in [1.54, 1.807) is 14.0 Å². The Bertz CT molecular complexity index is 195. The number of ether oxygens (including phenoxy) is 4. The molecular weight excluding hydrogens is 204 g/mol. The van der Waals surface area contributed by atoms with Crippen molar-refractivity contribution in [2.24, 2.45) is 0 Å². The minimum absolute atomic E-state index is 0.132. The van der Waals surface area contributed by atoms with Gasteiger partial charge < -0.3 is 18.9 Å². The minimum atomic E-state index is -0.546. The number of carbonyl (C=O) groups is 2. The molecule has 1 atom stereocenters. The van der Waals surface area contributed by atoms with E-state index in [9.17, 15) is 9.59 Å². The minimum Gasteiger partial charge on any atom is -0.460 e. The molecule has 1 saturated heterocycles. The predicted octanol–water partition coefficient (Wildman–Crippen LogP) is 0.738. The predicted molar refractivity (Wildman–Crippen MR) is 50.4 cm³/mol. The largest absolute Gasteiger partial charge is 0.508 e. The van der Waals surface area contributed by atoms with Crippen LogP contribution in [0.3, 0.4) is 0 Å². The molecule has 0 aromatic heterocycles. The van der Waals surface area contributed by atoms with Crippen LogP contribution < -0.4 is 0 Å². The molecule has 0 N–H and O–H groups in total. The lowest BCUT2D eigenvalue weighted by molar-refractivity contribution is -0.147. The lowest BCUT2D eigenvalue weighted by atomic mass is 10.4. The maximum atomic E-state index is 10.3. The molecule has 1 unspecified atom stereocenters. The standard InChI is InChI=1S/C6H12O3.C3H4O3/c1-5(4-8-3)9-6(2)7;4-3-5-1-2-6-3/h5H,4H2,1-3H3;1-2H2. The van der Waals surface area contributed by atoms with Gasteiger partial charge in [-0.1, -0.05) is 0 Å². The van der Waals surface area contributed by atoms with Crippen molar-refractivity contribution in [2.75, 3.05) is 26.9 Å². The number of cyclic esters (lactones) is 2. The molecule has 1 heterocycles. The van der Waals surface area contributed by atoms with Crippen LogP contribution in [-0.4, -0.2) is 45.2 Å². The van der Waals surface area contributed by atoms with Gasteiger partial charge in [0.15, 0.2) is 0 Å². The Morgan fingerprint density at radius 3 is 2.27 bits per heavy atom. The molecule has 15 heavy (non-hydrogen) atoms. The summed E-state index contributed by atoms with van der Waals surface area (Å²) >= 11 is 0. The molecule has 1 aliphatic rings. The van der Waals surface area contributed by atoms with Crippen LogP contribution in [0.25, 0.3) is 0 Å². The highest BCUT2D eigenvalue weighted by molar-refractivity contribution is 5.66. The van der Waals surface area contributed by atoms with Gasteiger partial charge in [0.2, 0.25) is 0 Å². The fraction of sp³-hybridized carbons (Fsp3) is 0.778. The second-order valence-electron chi connectivity index (χ2n) is 2.82. The van der Waals surface area contributed by atoms with E-state index < -0.39 is 6.16 Å². The SMILES string of the molecule is COCC(C)OC(C)=O.O=C1OCCO1. The van der Waals surface area contributed by atoms with E-state index in [4.69, 9.17) is 9.47 Å². The second kappa shape index (κ2) is 8.05. The lowest BCUT2D eigenvalue weighted by Gasteiger charge is -2.08. The fourth-order valence-electron chi connectivity index (χ4n) is 0.844. The second-order valence-corrected chi connectivity index (χ2v) is 2.82. The highest BCUT2D eigenvalue weighted by Crippen LogP contribution is 1.92. The quantitative estimate of drug-likeness (QED) is 0.653. The first kappa shape index (κ1) is 13.7. The topological polar surface area (TPSA) is 71.1 Å². The molecule has 0 bridgehead atoms. The van der Waals surface area contributed by atoms with Crippen LogP contribution in [0.4, 0.5) is 4.79 Å². The van der Waals surface area contributed by atoms with Gasteiger partial charge in [0.05, 0.1) is 6.61 Å². The zero-order valence-electron chi connectivity index (χ0n) is 9.15. The molecule has 1 rings (SSSR count). The van der Waals surface area contributed by atoms with Gasteiger partial charge in [-0.15, -0.1) is 0 Å². The molecule has 88 valence electrons. The molecule has 6 heteroatoms. The first-order chi connectivity index (χ1) is 7.06. The summed E-state index contributed by atoms with van der Waals surface area (Å²) in [5, 5.41) is 0. The van der Waals surface area contributed by atoms with Crippen molar-refractivity contribution in [1.82, 2.24) is 0 Å². The van der Waals surface area contributed by atoms with E-state index in [0.717, 1.165) is 0 Å². The third-order valence-corrected chi connectivity index (χ3v) is 1.29. The fourth-order valence-corrected chi connectivity index (χ4v) is 0.844. The van der Waals surface area contributed by atoms with Crippen molar-refractivity contribution in [2.45, 2.75) is 20.0 Å². The molecule has 0 saturated carbocycles. The molecule has 0 radical (unpaired) electrons. The number of hydrogen-bond donors (Lipinski definition) is 0. The summed E-state index contributed by atoms with van der Waals surface area (Å²) in [7, 11) is 1.57. The van der Waals surface area contributed by atoms with E-state index in [0.29, 0.717) is 19.8 Å². The Hall–Kier alpha value is -1.30. The number of carbonyl (C=O) groups excluding carboxylic acids is 2. The van der Waals surface area contributed by atoms with Crippen molar-refractivity contribution in [3.63, 3.8) is 0 Å². The molecule has 6 nitrogen and oxygen atoms in total. The Kier molecular flexibility index (Phi) is 7.35. The zero-order chi connectivity index (χ0) is 11.7. The van der Waals surface area contributed by atoms with E-state index in [-0.39, 0.29) is 12.1 Å². The average Bonchev–Trinajstić information content (AvgIpc) is 2.56. The van der Waals surface area contributed by atoms with Crippen molar-refractivity contribution in [1.29, 1.82) is 0 Å². The van der Waals surface area contributed by atoms with Crippen LogP contribution in [-0.2, 0) is 23.7 Å². The normalized spacial score (nSPS) is 15.5. The van der Waals surface area contributed by atoms with Gasteiger partial charge in [-0.3, -0.25) is 4.79 Å². The van der Waals surface area contributed by atoms with Crippen LogP contribution in [0.15, 0.2) is 0 Å². The van der Waals surface area contributed by atoms with Gasteiger partial charge in [0.1, 0.15) is 19.3 Å². The van der Waals surface area contributed by atoms with Gasteiger partial charge in [0, 0.05) is 14.0 Å². The Labute approximate surface area is 88.4 Å². The molecular formula is C9H16O6. The van der Waals surface area contributed by atoms with Crippen molar-refractivity contribution < 1.29 is 28.5 Å². The molecule has 1 fully saturated rings. The Morgan fingerprint density at radius 2 is 2.00 bits per heavy atom. The molecule has 0 aliphatic carbocycles. The van der Waals surface area contributed by atoms with Crippen LogP contribution in [0.1, 0.15) is 13.8 Å².